The Bertz CT molecular complexity index is 250. The van der Waals surface area contributed by atoms with E-state index in [2.05, 4.69) is 23.8 Å². The van der Waals surface area contributed by atoms with E-state index in [0.29, 0.717) is 12.0 Å². The van der Waals surface area contributed by atoms with Crippen molar-refractivity contribution in [2.24, 2.45) is 15.9 Å². The smallest absolute Gasteiger partial charge is 0.210 e. The highest BCUT2D eigenvalue weighted by atomic mass is 32.2. The summed E-state index contributed by atoms with van der Waals surface area (Å²) in [7, 11) is 0. The maximum absolute atomic E-state index is 5.53. The number of rotatable bonds is 2. The first-order chi connectivity index (χ1) is 6.27. The Kier molecular flexibility index (Phi) is 2.58. The highest BCUT2D eigenvalue weighted by Crippen LogP contribution is 2.20. The molecule has 2 aliphatic rings. The van der Waals surface area contributed by atoms with Gasteiger partial charge in [-0.05, 0) is 5.92 Å². The average Bonchev–Trinajstić information content (AvgIpc) is 2.75. The summed E-state index contributed by atoms with van der Waals surface area (Å²) in [6.45, 7) is 5.09. The van der Waals surface area contributed by atoms with Crippen LogP contribution >= 0.6 is 11.8 Å². The molecule has 2 heterocycles. The molecule has 0 aromatic heterocycles. The van der Waals surface area contributed by atoms with Gasteiger partial charge in [0, 0.05) is 5.75 Å². The molecule has 0 saturated heterocycles. The van der Waals surface area contributed by atoms with Crippen LogP contribution in [-0.4, -0.2) is 35.9 Å². The van der Waals surface area contributed by atoms with Gasteiger partial charge in [0.15, 0.2) is 0 Å². The number of thioether (sulfide) groups is 1. The minimum absolute atomic E-state index is 0.189. The van der Waals surface area contributed by atoms with E-state index in [0.717, 1.165) is 18.3 Å². The van der Waals surface area contributed by atoms with Crippen molar-refractivity contribution < 1.29 is 4.74 Å². The van der Waals surface area contributed by atoms with Gasteiger partial charge in [0.1, 0.15) is 12.6 Å². The molecule has 0 bridgehead atoms. The molecule has 13 heavy (non-hydrogen) atoms. The molecule has 0 aliphatic carbocycles. The monoisotopic (exact) mass is 198 g/mol. The number of ether oxygens (including phenoxy) is 1. The molecule has 3 nitrogen and oxygen atoms in total. The molecule has 2 unspecified atom stereocenters. The number of hydrogen-bond donors (Lipinski definition) is 0. The summed E-state index contributed by atoms with van der Waals surface area (Å²) in [4.78, 5) is 8.83. The zero-order chi connectivity index (χ0) is 9.26. The topological polar surface area (TPSA) is 34.0 Å². The SMILES string of the molecule is CC(C)C1COC(C2CSC=N2)=N1. The van der Waals surface area contributed by atoms with Crippen LogP contribution in [0.5, 0.6) is 0 Å². The van der Waals surface area contributed by atoms with Gasteiger partial charge < -0.3 is 4.74 Å². The van der Waals surface area contributed by atoms with E-state index < -0.39 is 0 Å². The molecule has 2 aliphatic heterocycles. The molecule has 0 aromatic carbocycles. The molecule has 0 saturated carbocycles. The molecule has 2 rings (SSSR count). The van der Waals surface area contributed by atoms with Gasteiger partial charge in [-0.1, -0.05) is 13.8 Å². The van der Waals surface area contributed by atoms with Crippen LogP contribution in [0.1, 0.15) is 13.8 Å². The lowest BCUT2D eigenvalue weighted by atomic mass is 10.1. The fourth-order valence-electron chi connectivity index (χ4n) is 1.36. The van der Waals surface area contributed by atoms with E-state index in [-0.39, 0.29) is 6.04 Å². The fourth-order valence-corrected chi connectivity index (χ4v) is 2.09. The van der Waals surface area contributed by atoms with E-state index in [9.17, 15) is 0 Å². The van der Waals surface area contributed by atoms with Crippen molar-refractivity contribution in [2.75, 3.05) is 12.4 Å². The summed E-state index contributed by atoms with van der Waals surface area (Å²) < 4.78 is 5.53. The van der Waals surface area contributed by atoms with Crippen LogP contribution in [0.3, 0.4) is 0 Å². The Hall–Kier alpha value is -0.510. The third-order valence-corrected chi connectivity index (χ3v) is 3.10. The maximum atomic E-state index is 5.53. The Morgan fingerprint density at radius 1 is 1.62 bits per heavy atom. The largest absolute Gasteiger partial charge is 0.477 e. The van der Waals surface area contributed by atoms with E-state index >= 15 is 0 Å². The van der Waals surface area contributed by atoms with Crippen LogP contribution in [-0.2, 0) is 4.74 Å². The van der Waals surface area contributed by atoms with Crippen molar-refractivity contribution in [1.82, 2.24) is 0 Å². The second-order valence-corrected chi connectivity index (χ2v) is 4.57. The van der Waals surface area contributed by atoms with Crippen molar-refractivity contribution in [3.05, 3.63) is 0 Å². The molecule has 0 spiro atoms. The van der Waals surface area contributed by atoms with E-state index in [1.54, 1.807) is 11.8 Å². The van der Waals surface area contributed by atoms with Crippen LogP contribution in [0.25, 0.3) is 0 Å². The van der Waals surface area contributed by atoms with Gasteiger partial charge in [0.05, 0.1) is 11.6 Å². The van der Waals surface area contributed by atoms with Gasteiger partial charge >= 0.3 is 0 Å². The van der Waals surface area contributed by atoms with Gasteiger partial charge in [0.25, 0.3) is 0 Å². The zero-order valence-electron chi connectivity index (χ0n) is 7.93. The molecular formula is C9H14N2OS. The summed E-state index contributed by atoms with van der Waals surface area (Å²) in [5, 5.41) is 0. The van der Waals surface area contributed by atoms with Crippen molar-refractivity contribution >= 4 is 23.2 Å². The molecule has 0 aromatic rings. The summed E-state index contributed by atoms with van der Waals surface area (Å²) in [5.41, 5.74) is 1.89. The first-order valence-corrected chi connectivity index (χ1v) is 5.66. The van der Waals surface area contributed by atoms with E-state index in [4.69, 9.17) is 4.74 Å². The summed E-state index contributed by atoms with van der Waals surface area (Å²) in [6.07, 6.45) is 0. The lowest BCUT2D eigenvalue weighted by Crippen LogP contribution is -2.18. The maximum Gasteiger partial charge on any atom is 0.210 e. The minimum Gasteiger partial charge on any atom is -0.477 e. The Balaban J connectivity index is 2.01. The molecule has 0 fully saturated rings. The summed E-state index contributed by atoms with van der Waals surface area (Å²) in [5.74, 6) is 2.40. The number of hydrogen-bond acceptors (Lipinski definition) is 4. The molecular weight excluding hydrogens is 184 g/mol. The van der Waals surface area contributed by atoms with Gasteiger partial charge in [-0.3, -0.25) is 4.99 Å². The van der Waals surface area contributed by atoms with E-state index in [1.807, 2.05) is 5.55 Å². The van der Waals surface area contributed by atoms with Gasteiger partial charge in [0.2, 0.25) is 5.90 Å². The number of nitrogens with zero attached hydrogens (tertiary/aromatic N) is 2. The first-order valence-electron chi connectivity index (χ1n) is 4.61. The molecule has 0 radical (unpaired) electrons. The van der Waals surface area contributed by atoms with Gasteiger partial charge in [-0.15, -0.1) is 11.8 Å². The van der Waals surface area contributed by atoms with Crippen molar-refractivity contribution in [2.45, 2.75) is 25.9 Å². The molecule has 0 amide bonds. The zero-order valence-corrected chi connectivity index (χ0v) is 8.75. The highest BCUT2D eigenvalue weighted by molar-refractivity contribution is 8.12. The van der Waals surface area contributed by atoms with E-state index in [1.165, 1.54) is 0 Å². The Morgan fingerprint density at radius 3 is 3.00 bits per heavy atom. The summed E-state index contributed by atoms with van der Waals surface area (Å²) >= 11 is 1.73. The first kappa shape index (κ1) is 9.06. The van der Waals surface area contributed by atoms with Gasteiger partial charge in [-0.25, -0.2) is 4.99 Å². The fraction of sp³-hybridized carbons (Fsp3) is 0.778. The normalized spacial score (nSPS) is 32.4. The van der Waals surface area contributed by atoms with Gasteiger partial charge in [-0.2, -0.15) is 0 Å². The van der Waals surface area contributed by atoms with Crippen molar-refractivity contribution in [3.8, 4) is 0 Å². The summed E-state index contributed by atoms with van der Waals surface area (Å²) in [6, 6.07) is 0.532. The molecule has 0 N–H and O–H groups in total. The minimum atomic E-state index is 0.189. The van der Waals surface area contributed by atoms with Crippen LogP contribution in [0.15, 0.2) is 9.98 Å². The van der Waals surface area contributed by atoms with Crippen molar-refractivity contribution in [1.29, 1.82) is 0 Å². The predicted octanol–water partition coefficient (Wildman–Crippen LogP) is 1.58. The standard InChI is InChI=1S/C9H14N2OS/c1-6(2)7-3-12-9(11-7)8-4-13-5-10-8/h5-8H,3-4H2,1-2H3. The highest BCUT2D eigenvalue weighted by Gasteiger charge is 2.28. The van der Waals surface area contributed by atoms with Crippen LogP contribution in [0.4, 0.5) is 0 Å². The second kappa shape index (κ2) is 3.70. The average molecular weight is 198 g/mol. The molecule has 72 valence electrons. The lowest BCUT2D eigenvalue weighted by Gasteiger charge is -2.06. The van der Waals surface area contributed by atoms with Crippen LogP contribution < -0.4 is 0 Å². The third kappa shape index (κ3) is 1.88. The van der Waals surface area contributed by atoms with Crippen molar-refractivity contribution in [3.63, 3.8) is 0 Å². The quantitative estimate of drug-likeness (QED) is 0.675. The van der Waals surface area contributed by atoms with Crippen LogP contribution in [0, 0.1) is 5.92 Å². The predicted molar refractivity (Wildman–Crippen MR) is 56.8 cm³/mol. The third-order valence-electron chi connectivity index (χ3n) is 2.32. The van der Waals surface area contributed by atoms with Crippen LogP contribution in [0.2, 0.25) is 0 Å². The number of aliphatic imine (C=N–C) groups is 2. The lowest BCUT2D eigenvalue weighted by molar-refractivity contribution is 0.284. The second-order valence-electron chi connectivity index (χ2n) is 3.69. The molecule has 2 atom stereocenters. The molecule has 4 heteroatoms. The Morgan fingerprint density at radius 2 is 2.46 bits per heavy atom. The Labute approximate surface area is 82.7 Å².